The number of hydrogen-bond acceptors (Lipinski definition) is 9. The van der Waals surface area contributed by atoms with Gasteiger partial charge in [0.15, 0.2) is 23.2 Å². The molecule has 4 unspecified atom stereocenters. The number of aliphatic hydroxyl groups excluding tert-OH is 3. The van der Waals surface area contributed by atoms with Crippen LogP contribution in [0, 0.1) is 6.92 Å². The van der Waals surface area contributed by atoms with Crippen molar-refractivity contribution < 1.29 is 20.1 Å². The summed E-state index contributed by atoms with van der Waals surface area (Å²) in [5.74, 6) is 0.576. The molecule has 26 heavy (non-hydrogen) atoms. The van der Waals surface area contributed by atoms with Gasteiger partial charge in [-0.05, 0) is 19.1 Å². The molecule has 4 rings (SSSR count). The average molecular weight is 377 g/mol. The van der Waals surface area contributed by atoms with Crippen molar-refractivity contribution in [2.45, 2.75) is 38.0 Å². The highest BCUT2D eigenvalue weighted by Crippen LogP contribution is 2.32. The van der Waals surface area contributed by atoms with E-state index in [4.69, 9.17) is 4.74 Å². The van der Waals surface area contributed by atoms with E-state index in [1.807, 2.05) is 0 Å². The number of aryl methyl sites for hydroxylation is 1. The lowest BCUT2D eigenvalue weighted by atomic mass is 10.1. The molecule has 3 aromatic rings. The lowest BCUT2D eigenvalue weighted by Gasteiger charge is -2.16. The van der Waals surface area contributed by atoms with E-state index in [2.05, 4.69) is 39.3 Å². The third-order valence-electron chi connectivity index (χ3n) is 4.38. The largest absolute Gasteiger partial charge is 0.394 e. The molecule has 1 saturated heterocycles. The van der Waals surface area contributed by atoms with E-state index in [1.165, 1.54) is 22.4 Å². The molecule has 0 spiro atoms. The number of rotatable bonds is 5. The van der Waals surface area contributed by atoms with Crippen LogP contribution in [0.4, 0.5) is 5.82 Å². The summed E-state index contributed by atoms with van der Waals surface area (Å²) in [6, 6.07) is 4.12. The van der Waals surface area contributed by atoms with Crippen LogP contribution >= 0.6 is 11.3 Å². The molecule has 0 radical (unpaired) electrons. The van der Waals surface area contributed by atoms with E-state index < -0.39 is 24.5 Å². The molecule has 4 atom stereocenters. The average Bonchev–Trinajstić information content (AvgIpc) is 3.32. The molecule has 0 amide bonds. The molecule has 0 bridgehead atoms. The molecule has 3 aromatic heterocycles. The Morgan fingerprint density at radius 2 is 2.08 bits per heavy atom. The Hall–Kier alpha value is -2.11. The lowest BCUT2D eigenvalue weighted by Crippen LogP contribution is -2.33. The minimum Gasteiger partial charge on any atom is -0.394 e. The summed E-state index contributed by atoms with van der Waals surface area (Å²) in [6.07, 6.45) is -1.21. The van der Waals surface area contributed by atoms with Crippen molar-refractivity contribution in [2.24, 2.45) is 0 Å². The minimum absolute atomic E-state index is 0.386. The molecule has 0 aliphatic carbocycles. The predicted molar refractivity (Wildman–Crippen MR) is 94.7 cm³/mol. The lowest BCUT2D eigenvalue weighted by molar-refractivity contribution is -0.0511. The first-order valence-electron chi connectivity index (χ1n) is 8.17. The van der Waals surface area contributed by atoms with Gasteiger partial charge in [-0.1, -0.05) is 0 Å². The number of nitrogens with zero attached hydrogens (tertiary/aromatic N) is 4. The van der Waals surface area contributed by atoms with Crippen LogP contribution in [-0.2, 0) is 11.3 Å². The van der Waals surface area contributed by atoms with Crippen molar-refractivity contribution in [3.05, 3.63) is 34.5 Å². The number of ether oxygens (including phenoxy) is 1. The SMILES string of the molecule is Cc1ccc(CNc2ncnc3c2ncn3C2OC(CO)C(O)C2O)s1. The Morgan fingerprint density at radius 3 is 2.77 bits per heavy atom. The van der Waals surface area contributed by atoms with Gasteiger partial charge in [0.25, 0.3) is 0 Å². The molecule has 1 fully saturated rings. The number of anilines is 1. The van der Waals surface area contributed by atoms with Gasteiger partial charge < -0.3 is 25.4 Å². The van der Waals surface area contributed by atoms with Crippen molar-refractivity contribution in [3.8, 4) is 0 Å². The van der Waals surface area contributed by atoms with Crippen LogP contribution in [0.1, 0.15) is 16.0 Å². The third kappa shape index (κ3) is 2.95. The summed E-state index contributed by atoms with van der Waals surface area (Å²) in [5, 5.41) is 32.7. The Bertz CT molecular complexity index is 913. The number of thiophene rings is 1. The third-order valence-corrected chi connectivity index (χ3v) is 5.38. The highest BCUT2D eigenvalue weighted by molar-refractivity contribution is 7.11. The molecular weight excluding hydrogens is 358 g/mol. The predicted octanol–water partition coefficient (Wildman–Crippen LogP) is 0.420. The van der Waals surface area contributed by atoms with Gasteiger partial charge in [0.2, 0.25) is 0 Å². The normalized spacial score (nSPS) is 25.8. The molecule has 9 nitrogen and oxygen atoms in total. The minimum atomic E-state index is -1.19. The summed E-state index contributed by atoms with van der Waals surface area (Å²) in [7, 11) is 0. The van der Waals surface area contributed by atoms with Crippen molar-refractivity contribution >= 4 is 28.3 Å². The molecular formula is C16H19N5O4S. The van der Waals surface area contributed by atoms with Crippen LogP contribution < -0.4 is 5.32 Å². The van der Waals surface area contributed by atoms with E-state index >= 15 is 0 Å². The fourth-order valence-electron chi connectivity index (χ4n) is 3.03. The second-order valence-corrected chi connectivity index (χ2v) is 7.51. The van der Waals surface area contributed by atoms with Gasteiger partial charge in [-0.25, -0.2) is 15.0 Å². The van der Waals surface area contributed by atoms with E-state index in [0.717, 1.165) is 0 Å². The maximum Gasteiger partial charge on any atom is 0.167 e. The second kappa shape index (κ2) is 6.89. The van der Waals surface area contributed by atoms with Crippen molar-refractivity contribution in [3.63, 3.8) is 0 Å². The molecule has 1 aliphatic rings. The molecule has 10 heteroatoms. The number of aromatic nitrogens is 4. The molecule has 138 valence electrons. The summed E-state index contributed by atoms with van der Waals surface area (Å²) in [6.45, 7) is 2.29. The summed E-state index contributed by atoms with van der Waals surface area (Å²) in [4.78, 5) is 15.2. The topological polar surface area (TPSA) is 126 Å². The van der Waals surface area contributed by atoms with Gasteiger partial charge in [-0.3, -0.25) is 4.57 Å². The first-order valence-corrected chi connectivity index (χ1v) is 8.99. The van der Waals surface area contributed by atoms with Crippen LogP contribution in [0.3, 0.4) is 0 Å². The van der Waals surface area contributed by atoms with Crippen molar-refractivity contribution in [1.29, 1.82) is 0 Å². The van der Waals surface area contributed by atoms with Gasteiger partial charge in [-0.15, -0.1) is 11.3 Å². The van der Waals surface area contributed by atoms with E-state index in [-0.39, 0.29) is 6.61 Å². The number of fused-ring (bicyclic) bond motifs is 1. The van der Waals surface area contributed by atoms with Gasteiger partial charge >= 0.3 is 0 Å². The number of nitrogens with one attached hydrogen (secondary N) is 1. The zero-order chi connectivity index (χ0) is 18.3. The van der Waals surface area contributed by atoms with E-state index in [0.29, 0.717) is 23.5 Å². The fourth-order valence-corrected chi connectivity index (χ4v) is 3.86. The molecule has 0 saturated carbocycles. The zero-order valence-corrected chi connectivity index (χ0v) is 14.8. The van der Waals surface area contributed by atoms with Crippen LogP contribution in [0.5, 0.6) is 0 Å². The van der Waals surface area contributed by atoms with E-state index in [1.54, 1.807) is 15.9 Å². The van der Waals surface area contributed by atoms with Gasteiger partial charge in [-0.2, -0.15) is 0 Å². The van der Waals surface area contributed by atoms with Gasteiger partial charge in [0.1, 0.15) is 24.6 Å². The number of aliphatic hydroxyl groups is 3. The smallest absolute Gasteiger partial charge is 0.167 e. The number of imidazole rings is 1. The van der Waals surface area contributed by atoms with Crippen LogP contribution in [0.25, 0.3) is 11.2 Å². The van der Waals surface area contributed by atoms with Crippen molar-refractivity contribution in [2.75, 3.05) is 11.9 Å². The van der Waals surface area contributed by atoms with Gasteiger partial charge in [0, 0.05) is 9.75 Å². The van der Waals surface area contributed by atoms with Gasteiger partial charge in [0.05, 0.1) is 19.5 Å². The Morgan fingerprint density at radius 1 is 1.23 bits per heavy atom. The molecule has 1 aliphatic heterocycles. The molecule has 4 N–H and O–H groups in total. The van der Waals surface area contributed by atoms with E-state index in [9.17, 15) is 15.3 Å². The summed E-state index contributed by atoms with van der Waals surface area (Å²) < 4.78 is 7.10. The zero-order valence-electron chi connectivity index (χ0n) is 14.0. The first kappa shape index (κ1) is 17.3. The van der Waals surface area contributed by atoms with Crippen LogP contribution in [0.15, 0.2) is 24.8 Å². The Labute approximate surface area is 152 Å². The molecule has 0 aromatic carbocycles. The highest BCUT2D eigenvalue weighted by Gasteiger charge is 2.44. The first-order chi connectivity index (χ1) is 12.6. The van der Waals surface area contributed by atoms with Crippen LogP contribution in [-0.4, -0.2) is 59.8 Å². The summed E-state index contributed by atoms with van der Waals surface area (Å²) >= 11 is 1.71. The monoisotopic (exact) mass is 377 g/mol. The maximum absolute atomic E-state index is 10.2. The standard InChI is InChI=1S/C16H19N5O4S/c1-8-2-3-9(26-8)4-17-14-11-15(19-6-18-14)21(7-20-11)16-13(24)12(23)10(5-22)25-16/h2-3,6-7,10,12-13,16,22-24H,4-5H2,1H3,(H,17,18,19). The fraction of sp³-hybridized carbons (Fsp3) is 0.438. The quantitative estimate of drug-likeness (QED) is 0.504. The summed E-state index contributed by atoms with van der Waals surface area (Å²) in [5.41, 5.74) is 1.01. The maximum atomic E-state index is 10.2. The highest BCUT2D eigenvalue weighted by atomic mass is 32.1. The molecule has 4 heterocycles. The second-order valence-electron chi connectivity index (χ2n) is 6.14. The van der Waals surface area contributed by atoms with Crippen LogP contribution in [0.2, 0.25) is 0 Å². The number of hydrogen-bond donors (Lipinski definition) is 4. The Balaban J connectivity index is 1.61. The van der Waals surface area contributed by atoms with Crippen molar-refractivity contribution in [1.82, 2.24) is 19.5 Å². The Kier molecular flexibility index (Phi) is 4.59.